The van der Waals surface area contributed by atoms with Gasteiger partial charge in [-0.2, -0.15) is 0 Å². The van der Waals surface area contributed by atoms with Gasteiger partial charge in [0, 0.05) is 18.7 Å². The van der Waals surface area contributed by atoms with E-state index < -0.39 is 0 Å². The minimum absolute atomic E-state index is 0.0209. The quantitative estimate of drug-likeness (QED) is 0.894. The number of amides is 1. The van der Waals surface area contributed by atoms with Crippen molar-refractivity contribution >= 4 is 5.91 Å². The SMILES string of the molecule is O=C(NCc1ccccc1)c1cccc2c1CCNC2. The van der Waals surface area contributed by atoms with Crippen LogP contribution in [0, 0.1) is 0 Å². The molecule has 0 spiro atoms. The fourth-order valence-corrected chi connectivity index (χ4v) is 2.62. The van der Waals surface area contributed by atoms with E-state index in [0.29, 0.717) is 6.54 Å². The molecule has 1 aliphatic rings. The van der Waals surface area contributed by atoms with Crippen molar-refractivity contribution in [3.8, 4) is 0 Å². The lowest BCUT2D eigenvalue weighted by atomic mass is 9.95. The Kier molecular flexibility index (Phi) is 3.79. The van der Waals surface area contributed by atoms with Gasteiger partial charge in [0.25, 0.3) is 5.91 Å². The summed E-state index contributed by atoms with van der Waals surface area (Å²) in [5.74, 6) is 0.0209. The molecule has 0 saturated carbocycles. The minimum atomic E-state index is 0.0209. The van der Waals surface area contributed by atoms with E-state index in [1.807, 2.05) is 42.5 Å². The van der Waals surface area contributed by atoms with Crippen molar-refractivity contribution in [1.29, 1.82) is 0 Å². The Morgan fingerprint density at radius 2 is 1.95 bits per heavy atom. The van der Waals surface area contributed by atoms with E-state index in [-0.39, 0.29) is 5.91 Å². The Morgan fingerprint density at radius 1 is 1.10 bits per heavy atom. The van der Waals surface area contributed by atoms with Crippen LogP contribution in [0.25, 0.3) is 0 Å². The Labute approximate surface area is 119 Å². The fraction of sp³-hybridized carbons (Fsp3) is 0.235. The minimum Gasteiger partial charge on any atom is -0.348 e. The molecular formula is C17H18N2O. The first-order valence-electron chi connectivity index (χ1n) is 6.98. The molecule has 0 atom stereocenters. The topological polar surface area (TPSA) is 41.1 Å². The molecule has 0 radical (unpaired) electrons. The van der Waals surface area contributed by atoms with Crippen LogP contribution in [-0.2, 0) is 19.5 Å². The number of hydrogen-bond donors (Lipinski definition) is 2. The van der Waals surface area contributed by atoms with Gasteiger partial charge in [-0.05, 0) is 35.7 Å². The second-order valence-electron chi connectivity index (χ2n) is 5.04. The molecule has 20 heavy (non-hydrogen) atoms. The maximum Gasteiger partial charge on any atom is 0.251 e. The highest BCUT2D eigenvalue weighted by Gasteiger charge is 2.16. The van der Waals surface area contributed by atoms with Crippen molar-refractivity contribution in [3.05, 3.63) is 70.8 Å². The first kappa shape index (κ1) is 12.9. The summed E-state index contributed by atoms with van der Waals surface area (Å²) < 4.78 is 0. The zero-order chi connectivity index (χ0) is 13.8. The van der Waals surface area contributed by atoms with Gasteiger partial charge in [0.15, 0.2) is 0 Å². The number of nitrogens with one attached hydrogen (secondary N) is 2. The van der Waals surface area contributed by atoms with Crippen LogP contribution in [0.15, 0.2) is 48.5 Å². The predicted octanol–water partition coefficient (Wildman–Crippen LogP) is 2.26. The van der Waals surface area contributed by atoms with Crippen molar-refractivity contribution in [1.82, 2.24) is 10.6 Å². The molecule has 0 bridgehead atoms. The van der Waals surface area contributed by atoms with Gasteiger partial charge >= 0.3 is 0 Å². The Morgan fingerprint density at radius 3 is 2.80 bits per heavy atom. The third-order valence-electron chi connectivity index (χ3n) is 3.68. The Hall–Kier alpha value is -2.13. The van der Waals surface area contributed by atoms with Gasteiger partial charge in [0.1, 0.15) is 0 Å². The smallest absolute Gasteiger partial charge is 0.251 e. The second kappa shape index (κ2) is 5.88. The molecule has 2 N–H and O–H groups in total. The van der Waals surface area contributed by atoms with Crippen LogP contribution in [0.3, 0.4) is 0 Å². The van der Waals surface area contributed by atoms with Crippen LogP contribution in [0.5, 0.6) is 0 Å². The van der Waals surface area contributed by atoms with Gasteiger partial charge in [-0.3, -0.25) is 4.79 Å². The van der Waals surface area contributed by atoms with E-state index in [4.69, 9.17) is 0 Å². The highest BCUT2D eigenvalue weighted by molar-refractivity contribution is 5.96. The van der Waals surface area contributed by atoms with Crippen LogP contribution in [0.1, 0.15) is 27.0 Å². The molecule has 0 aromatic heterocycles. The number of carbonyl (C=O) groups is 1. The van der Waals surface area contributed by atoms with Crippen molar-refractivity contribution in [2.75, 3.05) is 6.54 Å². The molecule has 3 heteroatoms. The lowest BCUT2D eigenvalue weighted by Crippen LogP contribution is -2.29. The zero-order valence-electron chi connectivity index (χ0n) is 11.4. The van der Waals surface area contributed by atoms with Crippen molar-refractivity contribution in [2.45, 2.75) is 19.5 Å². The molecule has 0 unspecified atom stereocenters. The fourth-order valence-electron chi connectivity index (χ4n) is 2.62. The molecule has 1 amide bonds. The first-order chi connectivity index (χ1) is 9.84. The van der Waals surface area contributed by atoms with E-state index in [1.54, 1.807) is 0 Å². The second-order valence-corrected chi connectivity index (χ2v) is 5.04. The lowest BCUT2D eigenvalue weighted by molar-refractivity contribution is 0.0949. The molecule has 3 rings (SSSR count). The summed E-state index contributed by atoms with van der Waals surface area (Å²) in [5, 5.41) is 6.34. The molecule has 102 valence electrons. The van der Waals surface area contributed by atoms with E-state index in [0.717, 1.165) is 30.6 Å². The third-order valence-corrected chi connectivity index (χ3v) is 3.68. The highest BCUT2D eigenvalue weighted by Crippen LogP contribution is 2.18. The molecule has 3 nitrogen and oxygen atoms in total. The lowest BCUT2D eigenvalue weighted by Gasteiger charge is -2.20. The van der Waals surface area contributed by atoms with Crippen LogP contribution < -0.4 is 10.6 Å². The van der Waals surface area contributed by atoms with Gasteiger partial charge in [0.05, 0.1) is 0 Å². The van der Waals surface area contributed by atoms with Gasteiger partial charge in [0.2, 0.25) is 0 Å². The molecule has 0 aliphatic carbocycles. The molecular weight excluding hydrogens is 248 g/mol. The summed E-state index contributed by atoms with van der Waals surface area (Å²) in [4.78, 5) is 12.4. The maximum absolute atomic E-state index is 12.4. The van der Waals surface area contributed by atoms with E-state index in [9.17, 15) is 4.79 Å². The van der Waals surface area contributed by atoms with Gasteiger partial charge in [-0.25, -0.2) is 0 Å². The number of benzene rings is 2. The van der Waals surface area contributed by atoms with Crippen LogP contribution in [0.2, 0.25) is 0 Å². The monoisotopic (exact) mass is 266 g/mol. The van der Waals surface area contributed by atoms with Gasteiger partial charge < -0.3 is 10.6 Å². The largest absolute Gasteiger partial charge is 0.348 e. The summed E-state index contributed by atoms with van der Waals surface area (Å²) in [5.41, 5.74) is 4.37. The van der Waals surface area contributed by atoms with Gasteiger partial charge in [-0.1, -0.05) is 42.5 Å². The predicted molar refractivity (Wildman–Crippen MR) is 79.5 cm³/mol. The normalized spacial score (nSPS) is 13.6. The summed E-state index contributed by atoms with van der Waals surface area (Å²) in [6.07, 6.45) is 0.921. The number of hydrogen-bond acceptors (Lipinski definition) is 2. The molecule has 0 fully saturated rings. The van der Waals surface area contributed by atoms with Gasteiger partial charge in [-0.15, -0.1) is 0 Å². The maximum atomic E-state index is 12.4. The van der Waals surface area contributed by atoms with Crippen LogP contribution in [-0.4, -0.2) is 12.5 Å². The molecule has 2 aromatic carbocycles. The summed E-state index contributed by atoms with van der Waals surface area (Å²) in [6.45, 7) is 2.37. The summed E-state index contributed by atoms with van der Waals surface area (Å²) >= 11 is 0. The summed E-state index contributed by atoms with van der Waals surface area (Å²) in [6, 6.07) is 16.0. The van der Waals surface area contributed by atoms with Crippen LogP contribution >= 0.6 is 0 Å². The average molecular weight is 266 g/mol. The van der Waals surface area contributed by atoms with E-state index in [2.05, 4.69) is 16.7 Å². The summed E-state index contributed by atoms with van der Waals surface area (Å²) in [7, 11) is 0. The highest BCUT2D eigenvalue weighted by atomic mass is 16.1. The zero-order valence-corrected chi connectivity index (χ0v) is 11.4. The van der Waals surface area contributed by atoms with Crippen molar-refractivity contribution < 1.29 is 4.79 Å². The van der Waals surface area contributed by atoms with Crippen LogP contribution in [0.4, 0.5) is 0 Å². The molecule has 2 aromatic rings. The molecule has 1 heterocycles. The van der Waals surface area contributed by atoms with E-state index >= 15 is 0 Å². The van der Waals surface area contributed by atoms with E-state index in [1.165, 1.54) is 11.1 Å². The van der Waals surface area contributed by atoms with Crippen molar-refractivity contribution in [3.63, 3.8) is 0 Å². The number of rotatable bonds is 3. The third kappa shape index (κ3) is 2.73. The Balaban J connectivity index is 1.74. The Bertz CT molecular complexity index is 608. The average Bonchev–Trinajstić information content (AvgIpc) is 2.53. The number of carbonyl (C=O) groups excluding carboxylic acids is 1. The first-order valence-corrected chi connectivity index (χ1v) is 6.98. The molecule has 0 saturated heterocycles. The number of fused-ring (bicyclic) bond motifs is 1. The van der Waals surface area contributed by atoms with Crippen molar-refractivity contribution in [2.24, 2.45) is 0 Å². The molecule has 1 aliphatic heterocycles. The standard InChI is InChI=1S/C17H18N2O/c20-17(19-11-13-5-2-1-3-6-13)16-8-4-7-14-12-18-10-9-15(14)16/h1-8,18H,9-12H2,(H,19,20).